The molecule has 1 amide bonds. The first-order chi connectivity index (χ1) is 10.7. The topological polar surface area (TPSA) is 32.3 Å². The molecule has 1 fully saturated rings. The van der Waals surface area contributed by atoms with Gasteiger partial charge in [-0.25, -0.2) is 0 Å². The summed E-state index contributed by atoms with van der Waals surface area (Å²) in [4.78, 5) is 14.7. The molecule has 0 aromatic heterocycles. The van der Waals surface area contributed by atoms with Gasteiger partial charge in [0.15, 0.2) is 0 Å². The quantitative estimate of drug-likeness (QED) is 0.814. The first-order valence-corrected chi connectivity index (χ1v) is 8.37. The fourth-order valence-corrected chi connectivity index (χ4v) is 3.37. The number of allylic oxidation sites excluding steroid dienone is 2. The first-order valence-electron chi connectivity index (χ1n) is 8.37. The van der Waals surface area contributed by atoms with E-state index < -0.39 is 0 Å². The smallest absolute Gasteiger partial charge is 0.224 e. The molecule has 3 heteroatoms. The van der Waals surface area contributed by atoms with Gasteiger partial charge in [0.05, 0.1) is 5.92 Å². The second kappa shape index (κ2) is 6.88. The summed E-state index contributed by atoms with van der Waals surface area (Å²) in [5.74, 6) is 0.639. The lowest BCUT2D eigenvalue weighted by Gasteiger charge is -2.15. The Morgan fingerprint density at radius 3 is 2.39 bits per heavy atom. The van der Waals surface area contributed by atoms with Gasteiger partial charge >= 0.3 is 0 Å². The minimum atomic E-state index is 0.0739. The van der Waals surface area contributed by atoms with E-state index in [1.165, 1.54) is 16.7 Å². The van der Waals surface area contributed by atoms with Crippen LogP contribution in [0.3, 0.4) is 0 Å². The Bertz CT molecular complexity index is 597. The number of benzene rings is 1. The molecule has 0 saturated heterocycles. The summed E-state index contributed by atoms with van der Waals surface area (Å²) in [5.41, 5.74) is 3.83. The Kier molecular flexibility index (Phi) is 5.30. The molecule has 1 saturated carbocycles. The zero-order valence-corrected chi connectivity index (χ0v) is 15.3. The van der Waals surface area contributed by atoms with Gasteiger partial charge in [-0.05, 0) is 50.4 Å². The maximum atomic E-state index is 12.6. The van der Waals surface area contributed by atoms with E-state index >= 15 is 0 Å². The number of rotatable bonds is 6. The van der Waals surface area contributed by atoms with Crippen LogP contribution in [0.4, 0.5) is 0 Å². The van der Waals surface area contributed by atoms with Crippen molar-refractivity contribution in [1.29, 1.82) is 0 Å². The van der Waals surface area contributed by atoms with Gasteiger partial charge in [-0.2, -0.15) is 0 Å². The molecule has 1 aromatic rings. The summed E-state index contributed by atoms with van der Waals surface area (Å²) >= 11 is 0. The molecule has 1 aliphatic carbocycles. The Hall–Kier alpha value is -1.61. The third kappa shape index (κ3) is 4.23. The molecule has 1 aliphatic rings. The maximum absolute atomic E-state index is 12.6. The van der Waals surface area contributed by atoms with Crippen LogP contribution >= 0.6 is 0 Å². The predicted octanol–water partition coefficient (Wildman–Crippen LogP) is 3.60. The van der Waals surface area contributed by atoms with Gasteiger partial charge in [0.25, 0.3) is 0 Å². The molecule has 2 atom stereocenters. The molecule has 0 radical (unpaired) electrons. The number of nitrogens with one attached hydrogen (secondary N) is 1. The standard InChI is InChI=1S/C20H30N2O/c1-14(2)11-17-18(20(17,3)4)19(23)21-12-15-9-7-8-10-16(15)13-22(5)6/h7-11,17-18H,12-13H2,1-6H3,(H,21,23). The fourth-order valence-electron chi connectivity index (χ4n) is 3.37. The number of amides is 1. The number of carbonyl (C=O) groups excluding carboxylic acids is 1. The highest BCUT2D eigenvalue weighted by Crippen LogP contribution is 2.59. The molecule has 0 bridgehead atoms. The van der Waals surface area contributed by atoms with Crippen LogP contribution in [0.1, 0.15) is 38.8 Å². The fraction of sp³-hybridized carbons (Fsp3) is 0.550. The third-order valence-electron chi connectivity index (χ3n) is 4.76. The third-order valence-corrected chi connectivity index (χ3v) is 4.76. The Labute approximate surface area is 140 Å². The number of nitrogens with zero attached hydrogens (tertiary/aromatic N) is 1. The Morgan fingerprint density at radius 2 is 1.83 bits per heavy atom. The van der Waals surface area contributed by atoms with Gasteiger partial charge < -0.3 is 10.2 Å². The zero-order valence-electron chi connectivity index (χ0n) is 15.3. The van der Waals surface area contributed by atoms with Gasteiger partial charge in [-0.1, -0.05) is 49.8 Å². The van der Waals surface area contributed by atoms with E-state index in [9.17, 15) is 4.79 Å². The van der Waals surface area contributed by atoms with Crippen molar-refractivity contribution < 1.29 is 4.79 Å². The highest BCUT2D eigenvalue weighted by atomic mass is 16.2. The van der Waals surface area contributed by atoms with E-state index in [0.29, 0.717) is 12.5 Å². The lowest BCUT2D eigenvalue weighted by Crippen LogP contribution is -2.27. The lowest BCUT2D eigenvalue weighted by atomic mass is 10.1. The molecule has 0 aliphatic heterocycles. The van der Waals surface area contributed by atoms with Crippen molar-refractivity contribution in [2.75, 3.05) is 14.1 Å². The van der Waals surface area contributed by atoms with E-state index in [-0.39, 0.29) is 17.2 Å². The number of hydrogen-bond donors (Lipinski definition) is 1. The summed E-state index contributed by atoms with van der Waals surface area (Å²) in [7, 11) is 4.12. The summed E-state index contributed by atoms with van der Waals surface area (Å²) in [6, 6.07) is 8.33. The molecule has 2 unspecified atom stereocenters. The SMILES string of the molecule is CC(C)=CC1C(C(=O)NCc2ccccc2CN(C)C)C1(C)C. The lowest BCUT2D eigenvalue weighted by molar-refractivity contribution is -0.123. The summed E-state index contributed by atoms with van der Waals surface area (Å²) in [5, 5.41) is 3.15. The van der Waals surface area contributed by atoms with Gasteiger partial charge in [0.1, 0.15) is 0 Å². The zero-order chi connectivity index (χ0) is 17.2. The van der Waals surface area contributed by atoms with E-state index in [1.807, 2.05) is 6.07 Å². The summed E-state index contributed by atoms with van der Waals surface area (Å²) < 4.78 is 0. The highest BCUT2D eigenvalue weighted by Gasteiger charge is 2.60. The molecule has 1 N–H and O–H groups in total. The Balaban J connectivity index is 2.00. The molecule has 1 aromatic carbocycles. The van der Waals surface area contributed by atoms with Crippen molar-refractivity contribution in [3.63, 3.8) is 0 Å². The molecular formula is C20H30N2O. The maximum Gasteiger partial charge on any atom is 0.224 e. The van der Waals surface area contributed by atoms with Gasteiger partial charge in [0, 0.05) is 13.1 Å². The second-order valence-corrected chi connectivity index (χ2v) is 7.79. The molecule has 0 heterocycles. The largest absolute Gasteiger partial charge is 0.352 e. The van der Waals surface area contributed by atoms with Crippen molar-refractivity contribution >= 4 is 5.91 Å². The van der Waals surface area contributed by atoms with E-state index in [4.69, 9.17) is 0 Å². The number of carbonyl (C=O) groups is 1. The normalized spacial score (nSPS) is 21.9. The minimum absolute atomic E-state index is 0.0739. The van der Waals surface area contributed by atoms with Gasteiger partial charge in [0.2, 0.25) is 5.91 Å². The van der Waals surface area contributed by atoms with Crippen molar-refractivity contribution in [3.05, 3.63) is 47.0 Å². The van der Waals surface area contributed by atoms with Crippen LogP contribution in [-0.4, -0.2) is 24.9 Å². The Morgan fingerprint density at radius 1 is 1.22 bits per heavy atom. The van der Waals surface area contributed by atoms with Crippen LogP contribution in [0.15, 0.2) is 35.9 Å². The summed E-state index contributed by atoms with van der Waals surface area (Å²) in [6.07, 6.45) is 2.24. The van der Waals surface area contributed by atoms with Crippen LogP contribution in [-0.2, 0) is 17.9 Å². The van der Waals surface area contributed by atoms with Crippen LogP contribution in [0, 0.1) is 17.3 Å². The number of hydrogen-bond acceptors (Lipinski definition) is 2. The van der Waals surface area contributed by atoms with E-state index in [0.717, 1.165) is 6.54 Å². The van der Waals surface area contributed by atoms with Crippen molar-refractivity contribution in [3.8, 4) is 0 Å². The molecule has 0 spiro atoms. The average molecular weight is 314 g/mol. The minimum Gasteiger partial charge on any atom is -0.352 e. The van der Waals surface area contributed by atoms with Crippen molar-refractivity contribution in [2.24, 2.45) is 17.3 Å². The van der Waals surface area contributed by atoms with Crippen LogP contribution in [0.5, 0.6) is 0 Å². The summed E-state index contributed by atoms with van der Waals surface area (Å²) in [6.45, 7) is 10.1. The van der Waals surface area contributed by atoms with E-state index in [2.05, 4.69) is 76.3 Å². The van der Waals surface area contributed by atoms with Gasteiger partial charge in [-0.3, -0.25) is 4.79 Å². The van der Waals surface area contributed by atoms with E-state index in [1.54, 1.807) is 0 Å². The molecule has 23 heavy (non-hydrogen) atoms. The van der Waals surface area contributed by atoms with Crippen LogP contribution in [0.2, 0.25) is 0 Å². The molecule has 126 valence electrons. The van der Waals surface area contributed by atoms with Crippen LogP contribution in [0.25, 0.3) is 0 Å². The average Bonchev–Trinajstić information content (AvgIpc) is 2.97. The highest BCUT2D eigenvalue weighted by molar-refractivity contribution is 5.83. The monoisotopic (exact) mass is 314 g/mol. The predicted molar refractivity (Wildman–Crippen MR) is 95.9 cm³/mol. The van der Waals surface area contributed by atoms with Crippen molar-refractivity contribution in [2.45, 2.75) is 40.8 Å². The van der Waals surface area contributed by atoms with Gasteiger partial charge in [-0.15, -0.1) is 0 Å². The molecular weight excluding hydrogens is 284 g/mol. The molecule has 2 rings (SSSR count). The van der Waals surface area contributed by atoms with Crippen molar-refractivity contribution in [1.82, 2.24) is 10.2 Å². The van der Waals surface area contributed by atoms with Crippen LogP contribution < -0.4 is 5.32 Å². The first kappa shape index (κ1) is 17.7. The second-order valence-electron chi connectivity index (χ2n) is 7.79. The molecule has 3 nitrogen and oxygen atoms in total.